The molecule has 6 heteroatoms. The summed E-state index contributed by atoms with van der Waals surface area (Å²) in [7, 11) is 0. The summed E-state index contributed by atoms with van der Waals surface area (Å²) in [6.45, 7) is 2.93. The molecule has 18 heavy (non-hydrogen) atoms. The van der Waals surface area contributed by atoms with Crippen molar-refractivity contribution < 1.29 is 4.79 Å². The molecule has 3 heterocycles. The number of carbonyl (C=O) groups is 1. The van der Waals surface area contributed by atoms with E-state index in [4.69, 9.17) is 5.73 Å². The lowest BCUT2D eigenvalue weighted by atomic mass is 10.1. The van der Waals surface area contributed by atoms with E-state index in [0.29, 0.717) is 5.56 Å². The molecule has 0 aliphatic carbocycles. The first-order valence-corrected chi connectivity index (χ1v) is 6.71. The Balaban J connectivity index is 2.08. The van der Waals surface area contributed by atoms with Crippen LogP contribution in [0.3, 0.4) is 0 Å². The number of hydrogen-bond donors (Lipinski definition) is 2. The Morgan fingerprint density at radius 1 is 1.67 bits per heavy atom. The standard InChI is InChI=1S/C12H14N4OS/c1-7-3-5-18-10(7)9-2-4-14-12-8(11(13)17)6-15-16(9)12/h3,5-6,9,14H,2,4H2,1H3,(H2,13,17). The van der Waals surface area contributed by atoms with Gasteiger partial charge in [0.2, 0.25) is 0 Å². The van der Waals surface area contributed by atoms with Crippen molar-refractivity contribution in [2.75, 3.05) is 11.9 Å². The van der Waals surface area contributed by atoms with Crippen LogP contribution in [0.15, 0.2) is 17.6 Å². The number of nitrogens with one attached hydrogen (secondary N) is 1. The second-order valence-corrected chi connectivity index (χ2v) is 5.36. The molecule has 3 rings (SSSR count). The number of amides is 1. The molecule has 0 saturated carbocycles. The largest absolute Gasteiger partial charge is 0.369 e. The number of rotatable bonds is 2. The Morgan fingerprint density at radius 3 is 3.17 bits per heavy atom. The zero-order valence-electron chi connectivity index (χ0n) is 10.0. The van der Waals surface area contributed by atoms with Gasteiger partial charge in [-0.25, -0.2) is 4.68 Å². The summed E-state index contributed by atoms with van der Waals surface area (Å²) < 4.78 is 1.88. The maximum atomic E-state index is 11.3. The van der Waals surface area contributed by atoms with E-state index < -0.39 is 5.91 Å². The van der Waals surface area contributed by atoms with Crippen LogP contribution in [0.25, 0.3) is 0 Å². The second kappa shape index (κ2) is 4.13. The number of fused-ring (bicyclic) bond motifs is 1. The molecule has 5 nitrogen and oxygen atoms in total. The number of nitrogens with two attached hydrogens (primary N) is 1. The van der Waals surface area contributed by atoms with Gasteiger partial charge in [0, 0.05) is 11.4 Å². The van der Waals surface area contributed by atoms with E-state index >= 15 is 0 Å². The zero-order valence-corrected chi connectivity index (χ0v) is 10.8. The maximum absolute atomic E-state index is 11.3. The third-order valence-electron chi connectivity index (χ3n) is 3.27. The highest BCUT2D eigenvalue weighted by atomic mass is 32.1. The first kappa shape index (κ1) is 11.3. The lowest BCUT2D eigenvalue weighted by Crippen LogP contribution is -2.26. The van der Waals surface area contributed by atoms with Crippen molar-refractivity contribution in [3.63, 3.8) is 0 Å². The smallest absolute Gasteiger partial charge is 0.254 e. The Hall–Kier alpha value is -1.82. The molecule has 3 N–H and O–H groups in total. The van der Waals surface area contributed by atoms with Crippen LogP contribution >= 0.6 is 11.3 Å². The highest BCUT2D eigenvalue weighted by Crippen LogP contribution is 2.35. The predicted molar refractivity (Wildman–Crippen MR) is 71.0 cm³/mol. The highest BCUT2D eigenvalue weighted by Gasteiger charge is 2.27. The molecule has 1 atom stereocenters. The van der Waals surface area contributed by atoms with Crippen molar-refractivity contribution in [3.05, 3.63) is 33.6 Å². The predicted octanol–water partition coefficient (Wildman–Crippen LogP) is 1.76. The lowest BCUT2D eigenvalue weighted by Gasteiger charge is -2.26. The summed E-state index contributed by atoms with van der Waals surface area (Å²) in [5, 5.41) is 9.61. The van der Waals surface area contributed by atoms with Gasteiger partial charge in [0.25, 0.3) is 5.91 Å². The van der Waals surface area contributed by atoms with Crippen molar-refractivity contribution in [2.45, 2.75) is 19.4 Å². The van der Waals surface area contributed by atoms with Crippen molar-refractivity contribution >= 4 is 23.1 Å². The van der Waals surface area contributed by atoms with Crippen LogP contribution < -0.4 is 11.1 Å². The average molecular weight is 262 g/mol. The van der Waals surface area contributed by atoms with Gasteiger partial charge in [-0.2, -0.15) is 5.10 Å². The van der Waals surface area contributed by atoms with E-state index in [2.05, 4.69) is 28.8 Å². The molecule has 0 radical (unpaired) electrons. The third-order valence-corrected chi connectivity index (χ3v) is 4.39. The van der Waals surface area contributed by atoms with Crippen molar-refractivity contribution in [3.8, 4) is 0 Å². The first-order valence-electron chi connectivity index (χ1n) is 5.83. The number of carbonyl (C=O) groups excluding carboxylic acids is 1. The maximum Gasteiger partial charge on any atom is 0.254 e. The minimum Gasteiger partial charge on any atom is -0.369 e. The summed E-state index contributed by atoms with van der Waals surface area (Å²) in [6, 6.07) is 2.31. The molecule has 1 aliphatic heterocycles. The second-order valence-electron chi connectivity index (χ2n) is 4.41. The van der Waals surface area contributed by atoms with Gasteiger partial charge in [0.15, 0.2) is 0 Å². The summed E-state index contributed by atoms with van der Waals surface area (Å²) in [5.74, 6) is 0.304. The van der Waals surface area contributed by atoms with E-state index in [1.165, 1.54) is 10.4 Å². The topological polar surface area (TPSA) is 72.9 Å². The van der Waals surface area contributed by atoms with Gasteiger partial charge in [0.05, 0.1) is 12.2 Å². The zero-order chi connectivity index (χ0) is 12.7. The fraction of sp³-hybridized carbons (Fsp3) is 0.333. The Labute approximate surface area is 109 Å². The normalized spacial score (nSPS) is 18.2. The molecule has 94 valence electrons. The van der Waals surface area contributed by atoms with Crippen LogP contribution in [0.2, 0.25) is 0 Å². The van der Waals surface area contributed by atoms with E-state index in [1.54, 1.807) is 17.5 Å². The summed E-state index contributed by atoms with van der Waals surface area (Å²) in [4.78, 5) is 12.6. The molecule has 0 aromatic carbocycles. The van der Waals surface area contributed by atoms with Gasteiger partial charge in [-0.1, -0.05) is 0 Å². The van der Waals surface area contributed by atoms with Crippen molar-refractivity contribution in [2.24, 2.45) is 5.73 Å². The number of aryl methyl sites for hydroxylation is 1. The fourth-order valence-corrected chi connectivity index (χ4v) is 3.42. The number of nitrogens with zero attached hydrogens (tertiary/aromatic N) is 2. The minimum atomic E-state index is -0.438. The van der Waals surface area contributed by atoms with Crippen LogP contribution in [-0.2, 0) is 0 Å². The Morgan fingerprint density at radius 2 is 2.50 bits per heavy atom. The quantitative estimate of drug-likeness (QED) is 0.866. The van der Waals surface area contributed by atoms with Gasteiger partial charge in [-0.15, -0.1) is 11.3 Å². The number of hydrogen-bond acceptors (Lipinski definition) is 4. The molecule has 0 spiro atoms. The van der Waals surface area contributed by atoms with Crippen LogP contribution in [0.1, 0.15) is 33.3 Å². The summed E-state index contributed by atoms with van der Waals surface area (Å²) in [6.07, 6.45) is 2.51. The van der Waals surface area contributed by atoms with Gasteiger partial charge < -0.3 is 11.1 Å². The molecule has 1 unspecified atom stereocenters. The van der Waals surface area contributed by atoms with Gasteiger partial charge >= 0.3 is 0 Å². The number of primary amides is 1. The monoisotopic (exact) mass is 262 g/mol. The Bertz CT molecular complexity index is 601. The van der Waals surface area contributed by atoms with Crippen LogP contribution in [0.4, 0.5) is 5.82 Å². The van der Waals surface area contributed by atoms with Crippen molar-refractivity contribution in [1.82, 2.24) is 9.78 Å². The summed E-state index contributed by atoms with van der Waals surface area (Å²) >= 11 is 1.73. The van der Waals surface area contributed by atoms with Gasteiger partial charge in [-0.05, 0) is 30.4 Å². The van der Waals surface area contributed by atoms with E-state index in [-0.39, 0.29) is 6.04 Å². The van der Waals surface area contributed by atoms with Crippen molar-refractivity contribution in [1.29, 1.82) is 0 Å². The molecule has 0 fully saturated rings. The molecule has 1 aliphatic rings. The SMILES string of the molecule is Cc1ccsc1C1CCNc2c(C(N)=O)cnn21. The molecule has 2 aromatic rings. The lowest BCUT2D eigenvalue weighted by molar-refractivity contribution is 0.100. The van der Waals surface area contributed by atoms with E-state index in [1.807, 2.05) is 4.68 Å². The number of thiophene rings is 1. The Kier molecular flexibility index (Phi) is 2.59. The van der Waals surface area contributed by atoms with Crippen LogP contribution in [0.5, 0.6) is 0 Å². The fourth-order valence-electron chi connectivity index (χ4n) is 2.37. The summed E-state index contributed by atoms with van der Waals surface area (Å²) in [5.41, 5.74) is 7.09. The molecule has 1 amide bonds. The first-order chi connectivity index (χ1) is 8.68. The molecule has 2 aromatic heterocycles. The third kappa shape index (κ3) is 1.60. The minimum absolute atomic E-state index is 0.203. The van der Waals surface area contributed by atoms with Crippen LogP contribution in [0, 0.1) is 6.92 Å². The molecular weight excluding hydrogens is 248 g/mol. The molecule has 0 bridgehead atoms. The van der Waals surface area contributed by atoms with E-state index in [9.17, 15) is 4.79 Å². The molecule has 0 saturated heterocycles. The van der Waals surface area contributed by atoms with Gasteiger partial charge in [0.1, 0.15) is 11.4 Å². The van der Waals surface area contributed by atoms with Gasteiger partial charge in [-0.3, -0.25) is 4.79 Å². The average Bonchev–Trinajstić information content (AvgIpc) is 2.94. The highest BCUT2D eigenvalue weighted by molar-refractivity contribution is 7.10. The van der Waals surface area contributed by atoms with E-state index in [0.717, 1.165) is 18.8 Å². The van der Waals surface area contributed by atoms with Crippen LogP contribution in [-0.4, -0.2) is 22.2 Å². The molecular formula is C12H14N4OS. The number of aromatic nitrogens is 2. The number of anilines is 1.